The lowest BCUT2D eigenvalue weighted by atomic mass is 9.95. The molecule has 2 fully saturated rings. The van der Waals surface area contributed by atoms with Crippen LogP contribution in [0.1, 0.15) is 59.4 Å². The quantitative estimate of drug-likeness (QED) is 0.767. The minimum Gasteiger partial charge on any atom is -0.444 e. The van der Waals surface area contributed by atoms with E-state index in [2.05, 4.69) is 55.6 Å². The number of likely N-dealkylation sites (tertiary alicyclic amines) is 1. The van der Waals surface area contributed by atoms with Crippen molar-refractivity contribution in [1.82, 2.24) is 10.2 Å². The fraction of sp³-hybridized carbons (Fsp3) is 0.625. The zero-order valence-corrected chi connectivity index (χ0v) is 18.1. The van der Waals surface area contributed by atoms with Gasteiger partial charge in [0, 0.05) is 25.2 Å². The molecule has 1 amide bonds. The van der Waals surface area contributed by atoms with Crippen LogP contribution in [0.5, 0.6) is 0 Å². The van der Waals surface area contributed by atoms with Gasteiger partial charge in [-0.15, -0.1) is 0 Å². The molecule has 1 aromatic rings. The van der Waals surface area contributed by atoms with Crippen molar-refractivity contribution in [2.75, 3.05) is 13.1 Å². The normalized spacial score (nSPS) is 23.8. The van der Waals surface area contributed by atoms with Gasteiger partial charge in [-0.3, -0.25) is 0 Å². The van der Waals surface area contributed by atoms with Crippen LogP contribution in [0.2, 0.25) is 0 Å². The standard InChI is InChI=1S/C24H36N2O2/c1-17(2)20(15-18-9-7-6-8-10-18)21-16-22(21)25-19-11-13-26(14-12-19)23(27)28-24(3,4)5/h6-10,15,17,19,21-22,25H,11-14,16H2,1-5H3/t21?,22-/m0/s1. The van der Waals surface area contributed by atoms with Crippen molar-refractivity contribution < 1.29 is 9.53 Å². The van der Waals surface area contributed by atoms with Crippen LogP contribution in [0.3, 0.4) is 0 Å². The summed E-state index contributed by atoms with van der Waals surface area (Å²) in [6, 6.07) is 11.7. The van der Waals surface area contributed by atoms with Crippen molar-refractivity contribution in [3.05, 3.63) is 41.5 Å². The van der Waals surface area contributed by atoms with Crippen LogP contribution in [-0.4, -0.2) is 41.8 Å². The molecule has 1 unspecified atom stereocenters. The molecular weight excluding hydrogens is 348 g/mol. The van der Waals surface area contributed by atoms with E-state index < -0.39 is 5.60 Å². The Morgan fingerprint density at radius 2 is 1.82 bits per heavy atom. The number of ether oxygens (including phenoxy) is 1. The summed E-state index contributed by atoms with van der Waals surface area (Å²) in [7, 11) is 0. The molecule has 154 valence electrons. The van der Waals surface area contributed by atoms with Crippen molar-refractivity contribution >= 4 is 12.2 Å². The average molecular weight is 385 g/mol. The summed E-state index contributed by atoms with van der Waals surface area (Å²) in [6.07, 6.45) is 5.43. The fourth-order valence-corrected chi connectivity index (χ4v) is 4.05. The van der Waals surface area contributed by atoms with E-state index in [9.17, 15) is 4.79 Å². The highest BCUT2D eigenvalue weighted by molar-refractivity contribution is 5.68. The number of hydrogen-bond donors (Lipinski definition) is 1. The van der Waals surface area contributed by atoms with Crippen LogP contribution < -0.4 is 5.32 Å². The summed E-state index contributed by atoms with van der Waals surface area (Å²) < 4.78 is 5.50. The molecule has 0 spiro atoms. The molecule has 2 atom stereocenters. The Balaban J connectivity index is 1.49. The van der Waals surface area contributed by atoms with Crippen molar-refractivity contribution in [2.24, 2.45) is 11.8 Å². The highest BCUT2D eigenvalue weighted by atomic mass is 16.6. The van der Waals surface area contributed by atoms with Crippen LogP contribution >= 0.6 is 0 Å². The highest BCUT2D eigenvalue weighted by Gasteiger charge is 2.42. The van der Waals surface area contributed by atoms with E-state index in [1.165, 1.54) is 12.0 Å². The van der Waals surface area contributed by atoms with Gasteiger partial charge in [-0.1, -0.05) is 55.8 Å². The number of carbonyl (C=O) groups excluding carboxylic acids is 1. The van der Waals surface area contributed by atoms with E-state index in [0.29, 0.717) is 23.9 Å². The number of benzene rings is 1. The zero-order chi connectivity index (χ0) is 20.3. The number of nitrogens with one attached hydrogen (secondary N) is 1. The maximum Gasteiger partial charge on any atom is 0.410 e. The molecule has 1 heterocycles. The number of hydrogen-bond acceptors (Lipinski definition) is 3. The second-order valence-electron chi connectivity index (χ2n) is 9.57. The molecule has 28 heavy (non-hydrogen) atoms. The Bertz CT molecular complexity index is 682. The van der Waals surface area contributed by atoms with Gasteiger partial charge in [-0.2, -0.15) is 0 Å². The van der Waals surface area contributed by atoms with Gasteiger partial charge in [0.25, 0.3) is 0 Å². The molecule has 1 saturated carbocycles. The van der Waals surface area contributed by atoms with Crippen molar-refractivity contribution in [3.63, 3.8) is 0 Å². The topological polar surface area (TPSA) is 41.6 Å². The van der Waals surface area contributed by atoms with Gasteiger partial charge in [0.15, 0.2) is 0 Å². The first-order valence-corrected chi connectivity index (χ1v) is 10.7. The Labute approximate surface area is 170 Å². The molecular formula is C24H36N2O2. The minimum atomic E-state index is -0.425. The summed E-state index contributed by atoms with van der Waals surface area (Å²) in [6.45, 7) is 11.9. The number of carbonyl (C=O) groups is 1. The van der Waals surface area contributed by atoms with Crippen LogP contribution in [0.15, 0.2) is 35.9 Å². The first-order valence-electron chi connectivity index (χ1n) is 10.7. The molecule has 1 aliphatic carbocycles. The molecule has 1 saturated heterocycles. The minimum absolute atomic E-state index is 0.178. The maximum absolute atomic E-state index is 12.2. The largest absolute Gasteiger partial charge is 0.444 e. The van der Waals surface area contributed by atoms with E-state index >= 15 is 0 Å². The SMILES string of the molecule is CC(C)C(=Cc1ccccc1)C1C[C@@H]1NC1CCN(C(=O)OC(C)(C)C)CC1. The first kappa shape index (κ1) is 20.9. The third-order valence-electron chi connectivity index (χ3n) is 5.61. The van der Waals surface area contributed by atoms with Crippen molar-refractivity contribution in [3.8, 4) is 0 Å². The summed E-state index contributed by atoms with van der Waals surface area (Å²) >= 11 is 0. The van der Waals surface area contributed by atoms with Gasteiger partial charge in [0.1, 0.15) is 5.60 Å². The third kappa shape index (κ3) is 5.84. The second-order valence-corrected chi connectivity index (χ2v) is 9.57. The molecule has 2 aliphatic rings. The summed E-state index contributed by atoms with van der Waals surface area (Å²) in [5.41, 5.74) is 2.42. The fourth-order valence-electron chi connectivity index (χ4n) is 4.05. The first-order chi connectivity index (χ1) is 13.2. The lowest BCUT2D eigenvalue weighted by molar-refractivity contribution is 0.0198. The lowest BCUT2D eigenvalue weighted by Gasteiger charge is -2.34. The lowest BCUT2D eigenvalue weighted by Crippen LogP contribution is -2.47. The van der Waals surface area contributed by atoms with Gasteiger partial charge >= 0.3 is 6.09 Å². The molecule has 4 heteroatoms. The zero-order valence-electron chi connectivity index (χ0n) is 18.1. The monoisotopic (exact) mass is 384 g/mol. The third-order valence-corrected chi connectivity index (χ3v) is 5.61. The summed E-state index contributed by atoms with van der Waals surface area (Å²) in [5, 5.41) is 3.85. The van der Waals surface area contributed by atoms with Gasteiger partial charge < -0.3 is 15.0 Å². The predicted octanol–water partition coefficient (Wildman–Crippen LogP) is 5.10. The van der Waals surface area contributed by atoms with Crippen molar-refractivity contribution in [1.29, 1.82) is 0 Å². The Kier molecular flexibility index (Phi) is 6.49. The van der Waals surface area contributed by atoms with E-state index in [-0.39, 0.29) is 6.09 Å². The Hall–Kier alpha value is -1.81. The molecule has 1 aromatic carbocycles. The second kappa shape index (κ2) is 8.69. The number of rotatable bonds is 5. The Morgan fingerprint density at radius 3 is 2.39 bits per heavy atom. The molecule has 4 nitrogen and oxygen atoms in total. The number of amides is 1. The van der Waals surface area contributed by atoms with Crippen LogP contribution in [-0.2, 0) is 4.74 Å². The summed E-state index contributed by atoms with van der Waals surface area (Å²) in [5.74, 6) is 1.20. The van der Waals surface area contributed by atoms with E-state index in [4.69, 9.17) is 4.74 Å². The molecule has 0 radical (unpaired) electrons. The summed E-state index contributed by atoms with van der Waals surface area (Å²) in [4.78, 5) is 14.1. The van der Waals surface area contributed by atoms with Crippen LogP contribution in [0.4, 0.5) is 4.79 Å². The van der Waals surface area contributed by atoms with Gasteiger partial charge in [0.2, 0.25) is 0 Å². The maximum atomic E-state index is 12.2. The van der Waals surface area contributed by atoms with Gasteiger partial charge in [-0.25, -0.2) is 4.79 Å². The predicted molar refractivity (Wildman–Crippen MR) is 115 cm³/mol. The van der Waals surface area contributed by atoms with E-state index in [1.54, 1.807) is 5.57 Å². The average Bonchev–Trinajstić information content (AvgIpc) is 3.38. The highest BCUT2D eigenvalue weighted by Crippen LogP contribution is 2.42. The van der Waals surface area contributed by atoms with Crippen LogP contribution in [0.25, 0.3) is 6.08 Å². The van der Waals surface area contributed by atoms with E-state index in [0.717, 1.165) is 25.9 Å². The van der Waals surface area contributed by atoms with Crippen LogP contribution in [0, 0.1) is 11.8 Å². The molecule has 0 bridgehead atoms. The molecule has 1 aliphatic heterocycles. The number of nitrogens with zero attached hydrogens (tertiary/aromatic N) is 1. The molecule has 3 rings (SSSR count). The molecule has 0 aromatic heterocycles. The van der Waals surface area contributed by atoms with Gasteiger partial charge in [0.05, 0.1) is 0 Å². The van der Waals surface area contributed by atoms with E-state index in [1.807, 2.05) is 25.7 Å². The molecule has 1 N–H and O–H groups in total. The smallest absolute Gasteiger partial charge is 0.410 e. The Morgan fingerprint density at radius 1 is 1.18 bits per heavy atom. The van der Waals surface area contributed by atoms with Crippen molar-refractivity contribution in [2.45, 2.75) is 71.6 Å². The van der Waals surface area contributed by atoms with Gasteiger partial charge in [-0.05, 0) is 57.4 Å². The number of piperidine rings is 1.